The molecule has 0 aliphatic heterocycles. The van der Waals surface area contributed by atoms with Crippen LogP contribution in [0, 0.1) is 0 Å². The molecule has 0 atom stereocenters. The molecule has 0 saturated heterocycles. The van der Waals surface area contributed by atoms with Crippen LogP contribution in [0.25, 0.3) is 0 Å². The molecule has 0 fully saturated rings. The number of anilines is 2. The summed E-state index contributed by atoms with van der Waals surface area (Å²) in [5, 5.41) is 8.90. The van der Waals surface area contributed by atoms with Crippen LogP contribution in [-0.2, 0) is 16.0 Å². The van der Waals surface area contributed by atoms with Crippen LogP contribution in [0.2, 0.25) is 0 Å². The van der Waals surface area contributed by atoms with Gasteiger partial charge in [0.25, 0.3) is 0 Å². The van der Waals surface area contributed by atoms with Crippen LogP contribution in [0.3, 0.4) is 0 Å². The molecule has 0 heterocycles. The Morgan fingerprint density at radius 1 is 0.889 bits per heavy atom. The Balaban J connectivity index is 1.70. The molecule has 0 aromatic heterocycles. The SMILES string of the molecule is CCCCCC(=O)Nc1cccc(NCC(=O)NCCc2ccccc2)c1. The van der Waals surface area contributed by atoms with Crippen LogP contribution in [0.4, 0.5) is 11.4 Å². The van der Waals surface area contributed by atoms with Gasteiger partial charge in [-0.05, 0) is 36.6 Å². The number of rotatable bonds is 11. The zero-order valence-electron chi connectivity index (χ0n) is 16.0. The minimum absolute atomic E-state index is 0.0271. The second-order valence-corrected chi connectivity index (χ2v) is 6.53. The van der Waals surface area contributed by atoms with E-state index < -0.39 is 0 Å². The van der Waals surface area contributed by atoms with E-state index in [1.54, 1.807) is 0 Å². The van der Waals surface area contributed by atoms with Gasteiger partial charge in [-0.15, -0.1) is 0 Å². The Morgan fingerprint density at radius 3 is 2.44 bits per heavy atom. The number of hydrogen-bond acceptors (Lipinski definition) is 3. The van der Waals surface area contributed by atoms with E-state index in [1.807, 2.05) is 54.6 Å². The first-order chi connectivity index (χ1) is 13.2. The average molecular weight is 367 g/mol. The summed E-state index contributed by atoms with van der Waals surface area (Å²) >= 11 is 0. The fourth-order valence-corrected chi connectivity index (χ4v) is 2.70. The summed E-state index contributed by atoms with van der Waals surface area (Å²) in [6.07, 6.45) is 4.42. The third-order valence-electron chi connectivity index (χ3n) is 4.19. The van der Waals surface area contributed by atoms with Gasteiger partial charge in [-0.3, -0.25) is 9.59 Å². The quantitative estimate of drug-likeness (QED) is 0.526. The van der Waals surface area contributed by atoms with E-state index in [9.17, 15) is 9.59 Å². The van der Waals surface area contributed by atoms with Gasteiger partial charge in [0.1, 0.15) is 0 Å². The molecule has 144 valence electrons. The van der Waals surface area contributed by atoms with Crippen molar-refractivity contribution in [1.29, 1.82) is 0 Å². The molecular weight excluding hydrogens is 338 g/mol. The molecule has 2 aromatic rings. The van der Waals surface area contributed by atoms with Crippen LogP contribution in [0.15, 0.2) is 54.6 Å². The monoisotopic (exact) mass is 367 g/mol. The molecule has 0 unspecified atom stereocenters. The van der Waals surface area contributed by atoms with E-state index in [0.717, 1.165) is 37.1 Å². The normalized spacial score (nSPS) is 10.3. The number of benzene rings is 2. The Bertz CT molecular complexity index is 717. The van der Waals surface area contributed by atoms with Gasteiger partial charge in [0, 0.05) is 24.3 Å². The molecule has 2 amide bonds. The van der Waals surface area contributed by atoms with Crippen molar-refractivity contribution in [3.63, 3.8) is 0 Å². The number of nitrogens with one attached hydrogen (secondary N) is 3. The topological polar surface area (TPSA) is 70.2 Å². The van der Waals surface area contributed by atoms with Crippen molar-refractivity contribution < 1.29 is 9.59 Å². The molecule has 27 heavy (non-hydrogen) atoms. The summed E-state index contributed by atoms with van der Waals surface area (Å²) in [7, 11) is 0. The molecule has 0 aliphatic rings. The smallest absolute Gasteiger partial charge is 0.239 e. The van der Waals surface area contributed by atoms with Crippen LogP contribution in [0.5, 0.6) is 0 Å². The van der Waals surface area contributed by atoms with E-state index in [0.29, 0.717) is 13.0 Å². The molecule has 0 spiro atoms. The minimum Gasteiger partial charge on any atom is -0.376 e. The lowest BCUT2D eigenvalue weighted by molar-refractivity contribution is -0.119. The van der Waals surface area contributed by atoms with E-state index in [2.05, 4.69) is 22.9 Å². The maximum atomic E-state index is 12.0. The summed E-state index contributed by atoms with van der Waals surface area (Å²) in [6.45, 7) is 2.92. The van der Waals surface area contributed by atoms with E-state index >= 15 is 0 Å². The van der Waals surface area contributed by atoms with Crippen molar-refractivity contribution in [2.45, 2.75) is 39.0 Å². The molecule has 2 aromatic carbocycles. The number of unbranched alkanes of at least 4 members (excludes halogenated alkanes) is 2. The van der Waals surface area contributed by atoms with E-state index in [4.69, 9.17) is 0 Å². The highest BCUT2D eigenvalue weighted by molar-refractivity contribution is 5.91. The van der Waals surface area contributed by atoms with Crippen molar-refractivity contribution in [3.05, 3.63) is 60.2 Å². The second kappa shape index (κ2) is 11.7. The molecular formula is C22H29N3O2. The Hall–Kier alpha value is -2.82. The third kappa shape index (κ3) is 8.40. The zero-order chi connectivity index (χ0) is 19.3. The molecule has 5 heteroatoms. The molecule has 5 nitrogen and oxygen atoms in total. The van der Waals surface area contributed by atoms with Crippen molar-refractivity contribution >= 4 is 23.2 Å². The van der Waals surface area contributed by atoms with Gasteiger partial charge in [-0.2, -0.15) is 0 Å². The van der Waals surface area contributed by atoms with E-state index in [1.165, 1.54) is 5.56 Å². The summed E-state index contributed by atoms with van der Waals surface area (Å²) < 4.78 is 0. The second-order valence-electron chi connectivity index (χ2n) is 6.53. The lowest BCUT2D eigenvalue weighted by atomic mass is 10.1. The van der Waals surface area contributed by atoms with Crippen LogP contribution >= 0.6 is 0 Å². The maximum Gasteiger partial charge on any atom is 0.239 e. The number of amides is 2. The van der Waals surface area contributed by atoms with Gasteiger partial charge in [-0.1, -0.05) is 56.2 Å². The van der Waals surface area contributed by atoms with Gasteiger partial charge in [0.05, 0.1) is 6.54 Å². The summed E-state index contributed by atoms with van der Waals surface area (Å²) in [4.78, 5) is 23.9. The Kier molecular flexibility index (Phi) is 8.90. The molecule has 2 rings (SSSR count). The zero-order valence-corrected chi connectivity index (χ0v) is 16.0. The first-order valence-electron chi connectivity index (χ1n) is 9.62. The molecule has 0 aliphatic carbocycles. The van der Waals surface area contributed by atoms with Gasteiger partial charge < -0.3 is 16.0 Å². The predicted octanol–water partition coefficient (Wildman–Crippen LogP) is 3.98. The first-order valence-corrected chi connectivity index (χ1v) is 9.62. The number of carbonyl (C=O) groups is 2. The number of carbonyl (C=O) groups excluding carboxylic acids is 2. The largest absolute Gasteiger partial charge is 0.376 e. The summed E-state index contributed by atoms with van der Waals surface area (Å²) in [5.41, 5.74) is 2.75. The standard InChI is InChI=1S/C22H29N3O2/c1-2-3-5-13-21(26)25-20-12-8-11-19(16-20)24-17-22(27)23-15-14-18-9-6-4-7-10-18/h4,6-12,16,24H,2-3,5,13-15,17H2,1H3,(H,23,27)(H,25,26). The van der Waals surface area contributed by atoms with Gasteiger partial charge in [-0.25, -0.2) is 0 Å². The Morgan fingerprint density at radius 2 is 1.67 bits per heavy atom. The lowest BCUT2D eigenvalue weighted by Gasteiger charge is -2.10. The number of hydrogen-bond donors (Lipinski definition) is 3. The van der Waals surface area contributed by atoms with Crippen molar-refractivity contribution in [2.75, 3.05) is 23.7 Å². The van der Waals surface area contributed by atoms with Crippen LogP contribution < -0.4 is 16.0 Å². The Labute approximate surface area is 161 Å². The minimum atomic E-state index is -0.0556. The first kappa shape index (κ1) is 20.5. The van der Waals surface area contributed by atoms with E-state index in [-0.39, 0.29) is 18.4 Å². The summed E-state index contributed by atoms with van der Waals surface area (Å²) in [6, 6.07) is 17.5. The van der Waals surface area contributed by atoms with Crippen molar-refractivity contribution in [2.24, 2.45) is 0 Å². The maximum absolute atomic E-state index is 12.0. The van der Waals surface area contributed by atoms with Crippen LogP contribution in [-0.4, -0.2) is 24.9 Å². The highest BCUT2D eigenvalue weighted by Gasteiger charge is 2.04. The fourth-order valence-electron chi connectivity index (χ4n) is 2.70. The third-order valence-corrected chi connectivity index (χ3v) is 4.19. The van der Waals surface area contributed by atoms with Gasteiger partial charge in [0.2, 0.25) is 11.8 Å². The van der Waals surface area contributed by atoms with Crippen molar-refractivity contribution in [3.8, 4) is 0 Å². The van der Waals surface area contributed by atoms with Gasteiger partial charge >= 0.3 is 0 Å². The highest BCUT2D eigenvalue weighted by atomic mass is 16.2. The fraction of sp³-hybridized carbons (Fsp3) is 0.364. The molecule has 3 N–H and O–H groups in total. The predicted molar refractivity (Wildman–Crippen MR) is 111 cm³/mol. The average Bonchev–Trinajstić information content (AvgIpc) is 2.68. The highest BCUT2D eigenvalue weighted by Crippen LogP contribution is 2.15. The molecule has 0 radical (unpaired) electrons. The van der Waals surface area contributed by atoms with Gasteiger partial charge in [0.15, 0.2) is 0 Å². The molecule has 0 bridgehead atoms. The summed E-state index contributed by atoms with van der Waals surface area (Å²) in [5.74, 6) is -0.0285. The van der Waals surface area contributed by atoms with Crippen molar-refractivity contribution in [1.82, 2.24) is 5.32 Å². The lowest BCUT2D eigenvalue weighted by Crippen LogP contribution is -2.31. The van der Waals surface area contributed by atoms with Crippen LogP contribution in [0.1, 0.15) is 38.2 Å². The molecule has 0 saturated carbocycles.